The summed E-state index contributed by atoms with van der Waals surface area (Å²) < 4.78 is 49.3. The Hall–Kier alpha value is -3.53. The van der Waals surface area contributed by atoms with E-state index in [-0.39, 0.29) is 17.6 Å². The van der Waals surface area contributed by atoms with E-state index in [4.69, 9.17) is 10.5 Å². The van der Waals surface area contributed by atoms with E-state index in [9.17, 15) is 23.4 Å². The second-order valence-electron chi connectivity index (χ2n) is 11.4. The number of aliphatic hydroxyl groups is 2. The number of H-pyrrole nitrogens is 1. The first kappa shape index (κ1) is 28.6. The summed E-state index contributed by atoms with van der Waals surface area (Å²) in [6.07, 6.45) is -2.24. The van der Waals surface area contributed by atoms with Gasteiger partial charge < -0.3 is 30.4 Å². The van der Waals surface area contributed by atoms with Crippen LogP contribution in [0.5, 0.6) is 5.75 Å². The van der Waals surface area contributed by atoms with Crippen molar-refractivity contribution in [2.24, 2.45) is 5.92 Å². The van der Waals surface area contributed by atoms with Gasteiger partial charge in [-0.3, -0.25) is 9.47 Å². The highest BCUT2D eigenvalue weighted by Crippen LogP contribution is 2.38. The van der Waals surface area contributed by atoms with E-state index in [0.717, 1.165) is 25.1 Å². The van der Waals surface area contributed by atoms with E-state index >= 15 is 0 Å². The van der Waals surface area contributed by atoms with Gasteiger partial charge in [-0.15, -0.1) is 13.2 Å². The average molecular weight is 591 g/mol. The van der Waals surface area contributed by atoms with Crippen LogP contribution in [0, 0.1) is 5.92 Å². The summed E-state index contributed by atoms with van der Waals surface area (Å²) in [5.41, 5.74) is 7.80. The predicted octanol–water partition coefficient (Wildman–Crippen LogP) is 2.92. The maximum atomic E-state index is 12.5. The molecule has 0 unspecified atom stereocenters. The highest BCUT2D eigenvalue weighted by atomic mass is 19.4. The van der Waals surface area contributed by atoms with Crippen molar-refractivity contribution in [3.8, 4) is 5.75 Å². The molecule has 1 aliphatic heterocycles. The molecule has 2 fully saturated rings. The lowest BCUT2D eigenvalue weighted by atomic mass is 9.76. The van der Waals surface area contributed by atoms with Crippen molar-refractivity contribution >= 4 is 28.0 Å². The fraction of sp³-hybridized carbons (Fsp3) is 0.556. The fourth-order valence-corrected chi connectivity index (χ4v) is 6.06. The summed E-state index contributed by atoms with van der Waals surface area (Å²) in [5, 5.41) is 21.7. The van der Waals surface area contributed by atoms with Gasteiger partial charge in [0.1, 0.15) is 41.7 Å². The van der Waals surface area contributed by atoms with Crippen LogP contribution in [-0.2, 0) is 11.2 Å². The number of rotatable bonds is 9. The third kappa shape index (κ3) is 5.61. The minimum atomic E-state index is -4.75. The van der Waals surface area contributed by atoms with Gasteiger partial charge in [-0.05, 0) is 51.2 Å². The van der Waals surface area contributed by atoms with Gasteiger partial charge >= 0.3 is 6.36 Å². The van der Waals surface area contributed by atoms with Crippen LogP contribution in [0.25, 0.3) is 22.2 Å². The first-order chi connectivity index (χ1) is 20.0. The number of nitrogens with one attached hydrogen (secondary N) is 1. The average Bonchev–Trinajstić information content (AvgIpc) is 3.58. The van der Waals surface area contributed by atoms with Gasteiger partial charge in [-0.25, -0.2) is 19.9 Å². The SMILES string of the molecule is CC(C)N(C[C@H]1O[C@@H](n2cnc3c(N)ncnc32)[C@@H](O)[C@H]1O)[C@H]1C[C@H](CCc2nc3cc(OC(F)(F)F)ccc3[nH]2)C1. The number of anilines is 1. The van der Waals surface area contributed by atoms with Crippen LogP contribution in [0.2, 0.25) is 0 Å². The molecule has 1 aliphatic carbocycles. The Kier molecular flexibility index (Phi) is 7.45. The summed E-state index contributed by atoms with van der Waals surface area (Å²) in [6.45, 7) is 4.63. The van der Waals surface area contributed by atoms with Crippen LogP contribution in [0.4, 0.5) is 19.0 Å². The van der Waals surface area contributed by atoms with Crippen molar-refractivity contribution in [2.45, 2.75) is 82.5 Å². The zero-order chi connectivity index (χ0) is 29.8. The monoisotopic (exact) mass is 590 g/mol. The van der Waals surface area contributed by atoms with E-state index in [1.807, 2.05) is 0 Å². The number of hydrogen-bond acceptors (Lipinski definition) is 10. The van der Waals surface area contributed by atoms with Crippen molar-refractivity contribution in [2.75, 3.05) is 12.3 Å². The molecular formula is C27H33F3N8O4. The molecule has 4 atom stereocenters. The Bertz CT molecular complexity index is 1550. The van der Waals surface area contributed by atoms with E-state index in [1.54, 1.807) is 4.57 Å². The standard InChI is InChI=1S/C27H33F3N8O4/c1-13(2)37(10-19-22(39)23(40)26(41-19)38-12-34-21-24(31)32-11-33-25(21)38)15-7-14(8-15)3-6-20-35-17-5-4-16(9-18(17)36-20)42-27(28,29)30/h4-5,9,11-15,19,22-23,26,39-40H,3,6-8,10H2,1-2H3,(H,35,36)(H2,31,32,33)/t14-,15-,19-,22+,23+,26-/m1/s1. The van der Waals surface area contributed by atoms with Crippen molar-refractivity contribution in [1.82, 2.24) is 34.4 Å². The van der Waals surface area contributed by atoms with Crippen LogP contribution in [0.1, 0.15) is 45.2 Å². The molecule has 6 rings (SSSR count). The molecule has 0 radical (unpaired) electrons. The van der Waals surface area contributed by atoms with Crippen LogP contribution in [-0.4, -0.2) is 87.9 Å². The van der Waals surface area contributed by atoms with Gasteiger partial charge in [0.25, 0.3) is 0 Å². The number of aryl methyl sites for hydroxylation is 1. The van der Waals surface area contributed by atoms with Gasteiger partial charge in [0, 0.05) is 31.1 Å². The number of ether oxygens (including phenoxy) is 2. The number of aromatic nitrogens is 6. The minimum Gasteiger partial charge on any atom is -0.406 e. The number of imidazole rings is 2. The zero-order valence-electron chi connectivity index (χ0n) is 23.1. The fourth-order valence-electron chi connectivity index (χ4n) is 6.06. The predicted molar refractivity (Wildman–Crippen MR) is 145 cm³/mol. The normalized spacial score (nSPS) is 26.5. The summed E-state index contributed by atoms with van der Waals surface area (Å²) in [4.78, 5) is 22.3. The lowest BCUT2D eigenvalue weighted by Gasteiger charge is -2.46. The van der Waals surface area contributed by atoms with Gasteiger partial charge in [0.2, 0.25) is 0 Å². The van der Waals surface area contributed by atoms with E-state index < -0.39 is 30.9 Å². The largest absolute Gasteiger partial charge is 0.573 e. The Balaban J connectivity index is 1.04. The molecule has 1 saturated heterocycles. The van der Waals surface area contributed by atoms with Crippen molar-refractivity contribution in [1.29, 1.82) is 0 Å². The summed E-state index contributed by atoms with van der Waals surface area (Å²) in [7, 11) is 0. The Morgan fingerprint density at radius 3 is 2.71 bits per heavy atom. The van der Waals surface area contributed by atoms with Crippen LogP contribution >= 0.6 is 0 Å². The zero-order valence-corrected chi connectivity index (χ0v) is 23.1. The smallest absolute Gasteiger partial charge is 0.406 e. The molecule has 3 aromatic heterocycles. The number of nitrogens with two attached hydrogens (primary N) is 1. The molecule has 0 amide bonds. The second-order valence-corrected chi connectivity index (χ2v) is 11.4. The highest BCUT2D eigenvalue weighted by Gasteiger charge is 2.46. The molecule has 0 spiro atoms. The molecule has 4 aromatic rings. The lowest BCUT2D eigenvalue weighted by molar-refractivity contribution is -0.274. The van der Waals surface area contributed by atoms with Gasteiger partial charge in [0.05, 0.1) is 17.4 Å². The maximum Gasteiger partial charge on any atom is 0.573 e. The number of alkyl halides is 3. The quantitative estimate of drug-likeness (QED) is 0.228. The summed E-state index contributed by atoms with van der Waals surface area (Å²) in [5.74, 6) is 1.11. The third-order valence-corrected chi connectivity index (χ3v) is 8.26. The van der Waals surface area contributed by atoms with E-state index in [1.165, 1.54) is 30.9 Å². The number of aromatic amines is 1. The van der Waals surface area contributed by atoms with Gasteiger partial charge in [-0.2, -0.15) is 0 Å². The van der Waals surface area contributed by atoms with E-state index in [2.05, 4.69) is 48.4 Å². The molecule has 226 valence electrons. The molecule has 12 nitrogen and oxygen atoms in total. The van der Waals surface area contributed by atoms with E-state index in [0.29, 0.717) is 47.1 Å². The maximum absolute atomic E-state index is 12.5. The number of nitrogen functional groups attached to an aromatic ring is 1. The van der Waals surface area contributed by atoms with Crippen LogP contribution < -0.4 is 10.5 Å². The Labute approximate surface area is 238 Å². The number of fused-ring (bicyclic) bond motifs is 2. The molecule has 15 heteroatoms. The Morgan fingerprint density at radius 1 is 1.19 bits per heavy atom. The first-order valence-electron chi connectivity index (χ1n) is 13.9. The first-order valence-corrected chi connectivity index (χ1v) is 13.9. The number of hydrogen-bond donors (Lipinski definition) is 4. The van der Waals surface area contributed by atoms with Crippen LogP contribution in [0.3, 0.4) is 0 Å². The van der Waals surface area contributed by atoms with Crippen molar-refractivity contribution in [3.63, 3.8) is 0 Å². The van der Waals surface area contributed by atoms with Gasteiger partial charge in [-0.1, -0.05) is 0 Å². The van der Waals surface area contributed by atoms with Gasteiger partial charge in [0.15, 0.2) is 17.7 Å². The minimum absolute atomic E-state index is 0.188. The number of nitrogens with zero attached hydrogens (tertiary/aromatic N) is 6. The summed E-state index contributed by atoms with van der Waals surface area (Å²) in [6, 6.07) is 4.56. The number of aliphatic hydroxyl groups excluding tert-OH is 2. The van der Waals surface area contributed by atoms with Crippen molar-refractivity contribution < 1.29 is 32.9 Å². The topological polar surface area (TPSA) is 160 Å². The second kappa shape index (κ2) is 10.9. The molecule has 5 N–H and O–H groups in total. The molecular weight excluding hydrogens is 557 g/mol. The van der Waals surface area contributed by atoms with Crippen LogP contribution in [0.15, 0.2) is 30.9 Å². The molecule has 1 aromatic carbocycles. The molecule has 0 bridgehead atoms. The molecule has 42 heavy (non-hydrogen) atoms. The third-order valence-electron chi connectivity index (χ3n) is 8.26. The summed E-state index contributed by atoms with van der Waals surface area (Å²) >= 11 is 0. The highest BCUT2D eigenvalue weighted by molar-refractivity contribution is 5.81. The number of halogens is 3. The molecule has 4 heterocycles. The van der Waals surface area contributed by atoms with Crippen molar-refractivity contribution in [3.05, 3.63) is 36.7 Å². The Morgan fingerprint density at radius 2 is 1.98 bits per heavy atom. The molecule has 2 aliphatic rings. The lowest BCUT2D eigenvalue weighted by Crippen LogP contribution is -2.52. The molecule has 1 saturated carbocycles. The number of benzene rings is 1.